The molecule has 5 heteroatoms. The molecular formula is C7H12O4S. The fraction of sp³-hybridized carbons (Fsp3) is 0.571. The van der Waals surface area contributed by atoms with Gasteiger partial charge in [0.1, 0.15) is 0 Å². The summed E-state index contributed by atoms with van der Waals surface area (Å²) < 4.78 is 26.1. The Bertz CT molecular complexity index is 263. The molecule has 4 nitrogen and oxygen atoms in total. The first-order valence-electron chi connectivity index (χ1n) is 3.59. The van der Waals surface area contributed by atoms with Crippen molar-refractivity contribution in [1.29, 1.82) is 0 Å². The molecule has 0 atom stereocenters. The number of sulfone groups is 1. The first-order chi connectivity index (χ1) is 5.52. The van der Waals surface area contributed by atoms with Crippen LogP contribution in [0.15, 0.2) is 11.5 Å². The Morgan fingerprint density at radius 3 is 2.42 bits per heavy atom. The molecule has 0 aliphatic heterocycles. The third kappa shape index (κ3) is 4.90. The van der Waals surface area contributed by atoms with Crippen molar-refractivity contribution in [2.75, 3.05) is 12.4 Å². The van der Waals surface area contributed by atoms with Gasteiger partial charge in [0, 0.05) is 11.5 Å². The SMILES string of the molecule is CCOC(=O)/C=C/S(=O)(=O)CC. The maximum absolute atomic E-state index is 10.8. The molecule has 0 heterocycles. The second-order valence-electron chi connectivity index (χ2n) is 2.01. The maximum Gasteiger partial charge on any atom is 0.331 e. The van der Waals surface area contributed by atoms with Gasteiger partial charge in [-0.2, -0.15) is 0 Å². The van der Waals surface area contributed by atoms with E-state index in [9.17, 15) is 13.2 Å². The molecule has 0 rings (SSSR count). The van der Waals surface area contributed by atoms with E-state index in [1.165, 1.54) is 6.92 Å². The largest absolute Gasteiger partial charge is 0.463 e. The molecule has 0 fully saturated rings. The minimum absolute atomic E-state index is 0.0110. The number of carbonyl (C=O) groups excluding carboxylic acids is 1. The Hall–Kier alpha value is -0.840. The normalized spacial score (nSPS) is 11.8. The maximum atomic E-state index is 10.8. The Labute approximate surface area is 72.1 Å². The Morgan fingerprint density at radius 1 is 1.42 bits per heavy atom. The van der Waals surface area contributed by atoms with E-state index in [4.69, 9.17) is 0 Å². The molecule has 0 radical (unpaired) electrons. The third-order valence-electron chi connectivity index (χ3n) is 1.10. The minimum Gasteiger partial charge on any atom is -0.463 e. The van der Waals surface area contributed by atoms with Crippen LogP contribution in [0.1, 0.15) is 13.8 Å². The second-order valence-corrected chi connectivity index (χ2v) is 4.18. The summed E-state index contributed by atoms with van der Waals surface area (Å²) in [5.74, 6) is -0.641. The quantitative estimate of drug-likeness (QED) is 0.480. The van der Waals surface area contributed by atoms with E-state index in [1.807, 2.05) is 0 Å². The van der Waals surface area contributed by atoms with Crippen molar-refractivity contribution in [3.8, 4) is 0 Å². The number of hydrogen-bond acceptors (Lipinski definition) is 4. The van der Waals surface area contributed by atoms with Crippen LogP contribution in [0, 0.1) is 0 Å². The highest BCUT2D eigenvalue weighted by Gasteiger charge is 2.02. The summed E-state index contributed by atoms with van der Waals surface area (Å²) in [4.78, 5) is 10.6. The molecule has 0 saturated carbocycles. The average molecular weight is 192 g/mol. The van der Waals surface area contributed by atoms with Crippen LogP contribution in [0.3, 0.4) is 0 Å². The van der Waals surface area contributed by atoms with Gasteiger partial charge in [0.2, 0.25) is 0 Å². The van der Waals surface area contributed by atoms with E-state index in [0.717, 1.165) is 11.5 Å². The molecule has 0 aliphatic carbocycles. The fourth-order valence-electron chi connectivity index (χ4n) is 0.446. The van der Waals surface area contributed by atoms with Crippen molar-refractivity contribution in [2.45, 2.75) is 13.8 Å². The van der Waals surface area contributed by atoms with Crippen molar-refractivity contribution in [2.24, 2.45) is 0 Å². The van der Waals surface area contributed by atoms with Gasteiger partial charge >= 0.3 is 5.97 Å². The first-order valence-corrected chi connectivity index (χ1v) is 5.31. The van der Waals surface area contributed by atoms with Crippen molar-refractivity contribution >= 4 is 15.8 Å². The molecule has 12 heavy (non-hydrogen) atoms. The lowest BCUT2D eigenvalue weighted by Gasteiger charge is -1.94. The van der Waals surface area contributed by atoms with Crippen molar-refractivity contribution < 1.29 is 17.9 Å². The predicted octanol–water partition coefficient (Wildman–Crippen LogP) is 0.498. The van der Waals surface area contributed by atoms with E-state index in [0.29, 0.717) is 0 Å². The molecule has 0 amide bonds. The number of esters is 1. The lowest BCUT2D eigenvalue weighted by molar-refractivity contribution is -0.137. The van der Waals surface area contributed by atoms with Gasteiger partial charge in [-0.25, -0.2) is 13.2 Å². The van der Waals surface area contributed by atoms with Crippen molar-refractivity contribution in [1.82, 2.24) is 0 Å². The molecule has 0 spiro atoms. The van der Waals surface area contributed by atoms with Gasteiger partial charge in [0.15, 0.2) is 9.84 Å². The van der Waals surface area contributed by atoms with E-state index in [1.54, 1.807) is 6.92 Å². The van der Waals surface area contributed by atoms with Crippen molar-refractivity contribution in [3.05, 3.63) is 11.5 Å². The Balaban J connectivity index is 4.16. The van der Waals surface area contributed by atoms with E-state index < -0.39 is 15.8 Å². The van der Waals surface area contributed by atoms with Crippen LogP contribution in [0.2, 0.25) is 0 Å². The summed E-state index contributed by atoms with van der Waals surface area (Å²) in [5.41, 5.74) is 0. The van der Waals surface area contributed by atoms with Gasteiger partial charge in [-0.15, -0.1) is 0 Å². The second kappa shape index (κ2) is 4.92. The molecular weight excluding hydrogens is 180 g/mol. The summed E-state index contributed by atoms with van der Waals surface area (Å²) in [6.45, 7) is 3.40. The number of hydrogen-bond donors (Lipinski definition) is 0. The molecule has 0 aromatic heterocycles. The average Bonchev–Trinajstić information content (AvgIpc) is 2.02. The van der Waals surface area contributed by atoms with Gasteiger partial charge in [-0.3, -0.25) is 0 Å². The van der Waals surface area contributed by atoms with Crippen molar-refractivity contribution in [3.63, 3.8) is 0 Å². The van der Waals surface area contributed by atoms with Crippen LogP contribution >= 0.6 is 0 Å². The fourth-order valence-corrected chi connectivity index (χ4v) is 0.957. The van der Waals surface area contributed by atoms with Crippen LogP contribution in [-0.4, -0.2) is 26.7 Å². The highest BCUT2D eigenvalue weighted by Crippen LogP contribution is 1.92. The summed E-state index contributed by atoms with van der Waals surface area (Å²) in [7, 11) is -3.21. The van der Waals surface area contributed by atoms with E-state index >= 15 is 0 Å². The molecule has 0 N–H and O–H groups in total. The summed E-state index contributed by atoms with van der Waals surface area (Å²) in [6, 6.07) is 0. The summed E-state index contributed by atoms with van der Waals surface area (Å²) >= 11 is 0. The monoisotopic (exact) mass is 192 g/mol. The zero-order chi connectivity index (χ0) is 9.61. The van der Waals surface area contributed by atoms with E-state index in [2.05, 4.69) is 4.74 Å². The predicted molar refractivity (Wildman–Crippen MR) is 45.2 cm³/mol. The first kappa shape index (κ1) is 11.2. The number of carbonyl (C=O) groups is 1. The van der Waals surface area contributed by atoms with Crippen LogP contribution < -0.4 is 0 Å². The molecule has 0 aromatic carbocycles. The zero-order valence-corrected chi connectivity index (χ0v) is 7.93. The van der Waals surface area contributed by atoms with Crippen LogP contribution in [0.5, 0.6) is 0 Å². The Morgan fingerprint density at radius 2 is 2.00 bits per heavy atom. The molecule has 0 aliphatic rings. The standard InChI is InChI=1S/C7H12O4S/c1-3-11-7(8)5-6-12(9,10)4-2/h5-6H,3-4H2,1-2H3/b6-5+. The Kier molecular flexibility index (Phi) is 4.58. The minimum atomic E-state index is -3.21. The molecule has 0 saturated heterocycles. The highest BCUT2D eigenvalue weighted by atomic mass is 32.2. The van der Waals surface area contributed by atoms with Gasteiger partial charge in [-0.05, 0) is 6.92 Å². The van der Waals surface area contributed by atoms with Crippen LogP contribution in [0.25, 0.3) is 0 Å². The van der Waals surface area contributed by atoms with Gasteiger partial charge in [0.05, 0.1) is 12.4 Å². The topological polar surface area (TPSA) is 60.4 Å². The van der Waals surface area contributed by atoms with Crippen LogP contribution in [0.4, 0.5) is 0 Å². The zero-order valence-electron chi connectivity index (χ0n) is 7.11. The molecule has 0 unspecified atom stereocenters. The van der Waals surface area contributed by atoms with E-state index in [-0.39, 0.29) is 12.4 Å². The van der Waals surface area contributed by atoms with Gasteiger partial charge in [0.25, 0.3) is 0 Å². The summed E-state index contributed by atoms with van der Waals surface area (Å²) in [5, 5.41) is 0.866. The lowest BCUT2D eigenvalue weighted by atomic mass is 10.6. The van der Waals surface area contributed by atoms with Gasteiger partial charge in [-0.1, -0.05) is 6.92 Å². The third-order valence-corrected chi connectivity index (χ3v) is 2.46. The van der Waals surface area contributed by atoms with Crippen LogP contribution in [-0.2, 0) is 19.4 Å². The number of ether oxygens (including phenoxy) is 1. The molecule has 0 aromatic rings. The highest BCUT2D eigenvalue weighted by molar-refractivity contribution is 7.94. The molecule has 70 valence electrons. The molecule has 0 bridgehead atoms. The lowest BCUT2D eigenvalue weighted by Crippen LogP contribution is -2.02. The number of rotatable bonds is 4. The van der Waals surface area contributed by atoms with Gasteiger partial charge < -0.3 is 4.74 Å². The summed E-state index contributed by atoms with van der Waals surface area (Å²) in [6.07, 6.45) is 0.919. The smallest absolute Gasteiger partial charge is 0.331 e.